The van der Waals surface area contributed by atoms with E-state index in [0.29, 0.717) is 19.1 Å². The zero-order valence-electron chi connectivity index (χ0n) is 15.1. The minimum absolute atomic E-state index is 0.130. The fourth-order valence-electron chi connectivity index (χ4n) is 3.68. The standard InChI is InChI=1S/C20H31N3O/c1-16-6-5-11-23(13-16)14-18-8-4-3-7-17(18)12-21-20(24)15-22(2)19-9-10-19/h3-4,7-8,16,19H,5-6,9-15H2,1-2H3,(H,21,24). The van der Waals surface area contributed by atoms with Crippen molar-refractivity contribution in [1.29, 1.82) is 0 Å². The van der Waals surface area contributed by atoms with E-state index in [2.05, 4.69) is 46.3 Å². The molecule has 24 heavy (non-hydrogen) atoms. The van der Waals surface area contributed by atoms with Crippen LogP contribution in [0.3, 0.4) is 0 Å². The Balaban J connectivity index is 1.52. The molecule has 3 rings (SSSR count). The molecule has 1 saturated carbocycles. The molecule has 1 aromatic rings. The lowest BCUT2D eigenvalue weighted by atomic mass is 9.99. The molecular formula is C20H31N3O. The summed E-state index contributed by atoms with van der Waals surface area (Å²) in [6, 6.07) is 9.16. The number of nitrogens with zero attached hydrogens (tertiary/aromatic N) is 2. The molecule has 1 aliphatic heterocycles. The van der Waals surface area contributed by atoms with Crippen molar-refractivity contribution >= 4 is 5.91 Å². The average Bonchev–Trinajstić information content (AvgIpc) is 3.39. The summed E-state index contributed by atoms with van der Waals surface area (Å²) in [6.07, 6.45) is 5.12. The molecule has 1 aliphatic carbocycles. The summed E-state index contributed by atoms with van der Waals surface area (Å²) in [5.74, 6) is 0.925. The molecule has 2 aliphatic rings. The van der Waals surface area contributed by atoms with Crippen LogP contribution < -0.4 is 5.32 Å². The lowest BCUT2D eigenvalue weighted by Gasteiger charge is -2.31. The molecular weight excluding hydrogens is 298 g/mol. The normalized spacial score (nSPS) is 21.9. The third-order valence-electron chi connectivity index (χ3n) is 5.29. The second kappa shape index (κ2) is 8.13. The maximum atomic E-state index is 12.1. The van der Waals surface area contributed by atoms with Gasteiger partial charge in [-0.15, -0.1) is 0 Å². The maximum Gasteiger partial charge on any atom is 0.234 e. The van der Waals surface area contributed by atoms with E-state index >= 15 is 0 Å². The summed E-state index contributed by atoms with van der Waals surface area (Å²) < 4.78 is 0. The number of likely N-dealkylation sites (tertiary alicyclic amines) is 1. The van der Waals surface area contributed by atoms with Crippen molar-refractivity contribution in [2.45, 2.75) is 51.7 Å². The highest BCUT2D eigenvalue weighted by atomic mass is 16.2. The van der Waals surface area contributed by atoms with Gasteiger partial charge in [-0.3, -0.25) is 14.6 Å². The molecule has 1 heterocycles. The van der Waals surface area contributed by atoms with E-state index in [1.807, 2.05) is 7.05 Å². The zero-order chi connectivity index (χ0) is 16.9. The second-order valence-electron chi connectivity index (χ2n) is 7.67. The number of nitrogens with one attached hydrogen (secondary N) is 1. The molecule has 1 saturated heterocycles. The first-order chi connectivity index (χ1) is 11.6. The molecule has 0 bridgehead atoms. The fourth-order valence-corrected chi connectivity index (χ4v) is 3.68. The molecule has 0 spiro atoms. The van der Waals surface area contributed by atoms with Gasteiger partial charge in [0.2, 0.25) is 5.91 Å². The number of benzene rings is 1. The lowest BCUT2D eigenvalue weighted by molar-refractivity contribution is -0.122. The van der Waals surface area contributed by atoms with Gasteiger partial charge in [-0.05, 0) is 56.3 Å². The molecule has 2 fully saturated rings. The van der Waals surface area contributed by atoms with E-state index < -0.39 is 0 Å². The minimum atomic E-state index is 0.130. The molecule has 4 heteroatoms. The third-order valence-corrected chi connectivity index (χ3v) is 5.29. The topological polar surface area (TPSA) is 35.6 Å². The van der Waals surface area contributed by atoms with Crippen LogP contribution in [0.25, 0.3) is 0 Å². The number of hydrogen-bond donors (Lipinski definition) is 1. The lowest BCUT2D eigenvalue weighted by Crippen LogP contribution is -2.36. The summed E-state index contributed by atoms with van der Waals surface area (Å²) in [6.45, 7) is 6.87. The predicted molar refractivity (Wildman–Crippen MR) is 97.6 cm³/mol. The van der Waals surface area contributed by atoms with Crippen LogP contribution in [0.2, 0.25) is 0 Å². The van der Waals surface area contributed by atoms with Crippen molar-refractivity contribution < 1.29 is 4.79 Å². The van der Waals surface area contributed by atoms with Gasteiger partial charge in [0.1, 0.15) is 0 Å². The van der Waals surface area contributed by atoms with Crippen molar-refractivity contribution in [3.63, 3.8) is 0 Å². The number of likely N-dealkylation sites (N-methyl/N-ethyl adjacent to an activating group) is 1. The van der Waals surface area contributed by atoms with E-state index in [1.165, 1.54) is 49.9 Å². The van der Waals surface area contributed by atoms with Crippen LogP contribution in [0.4, 0.5) is 0 Å². The van der Waals surface area contributed by atoms with Crippen LogP contribution in [-0.2, 0) is 17.9 Å². The van der Waals surface area contributed by atoms with Crippen LogP contribution in [-0.4, -0.2) is 48.4 Å². The van der Waals surface area contributed by atoms with Crippen LogP contribution in [0, 0.1) is 5.92 Å². The Hall–Kier alpha value is -1.39. The van der Waals surface area contributed by atoms with Gasteiger partial charge in [0.25, 0.3) is 0 Å². The number of carbonyl (C=O) groups excluding carboxylic acids is 1. The highest BCUT2D eigenvalue weighted by Crippen LogP contribution is 2.24. The molecule has 4 nitrogen and oxygen atoms in total. The van der Waals surface area contributed by atoms with Crippen molar-refractivity contribution in [3.05, 3.63) is 35.4 Å². The first-order valence-corrected chi connectivity index (χ1v) is 9.38. The Morgan fingerprint density at radius 2 is 2.00 bits per heavy atom. The van der Waals surface area contributed by atoms with Crippen LogP contribution >= 0.6 is 0 Å². The first kappa shape index (κ1) is 17.4. The third kappa shape index (κ3) is 5.05. The quantitative estimate of drug-likeness (QED) is 0.835. The van der Waals surface area contributed by atoms with E-state index in [1.54, 1.807) is 0 Å². The minimum Gasteiger partial charge on any atom is -0.351 e. The molecule has 1 N–H and O–H groups in total. The van der Waals surface area contributed by atoms with Crippen molar-refractivity contribution in [1.82, 2.24) is 15.1 Å². The smallest absolute Gasteiger partial charge is 0.234 e. The number of carbonyl (C=O) groups is 1. The van der Waals surface area contributed by atoms with E-state index in [4.69, 9.17) is 0 Å². The van der Waals surface area contributed by atoms with E-state index in [-0.39, 0.29) is 5.91 Å². The van der Waals surface area contributed by atoms with Crippen molar-refractivity contribution in [3.8, 4) is 0 Å². The van der Waals surface area contributed by atoms with Gasteiger partial charge in [-0.25, -0.2) is 0 Å². The SMILES string of the molecule is CC1CCCN(Cc2ccccc2CNC(=O)CN(C)C2CC2)C1. The highest BCUT2D eigenvalue weighted by molar-refractivity contribution is 5.78. The Morgan fingerprint density at radius 1 is 1.25 bits per heavy atom. The highest BCUT2D eigenvalue weighted by Gasteiger charge is 2.27. The Bertz CT molecular complexity index is 556. The number of amides is 1. The molecule has 0 aromatic heterocycles. The summed E-state index contributed by atoms with van der Waals surface area (Å²) in [5, 5.41) is 3.10. The Morgan fingerprint density at radius 3 is 2.71 bits per heavy atom. The van der Waals surface area contributed by atoms with E-state index in [0.717, 1.165) is 12.5 Å². The summed E-state index contributed by atoms with van der Waals surface area (Å²) in [7, 11) is 2.04. The maximum absolute atomic E-state index is 12.1. The van der Waals surface area contributed by atoms with Crippen LogP contribution in [0.5, 0.6) is 0 Å². The fraction of sp³-hybridized carbons (Fsp3) is 0.650. The molecule has 132 valence electrons. The Kier molecular flexibility index (Phi) is 5.90. The van der Waals surface area contributed by atoms with Crippen molar-refractivity contribution in [2.24, 2.45) is 5.92 Å². The molecule has 1 atom stereocenters. The van der Waals surface area contributed by atoms with Gasteiger partial charge >= 0.3 is 0 Å². The van der Waals surface area contributed by atoms with E-state index in [9.17, 15) is 4.79 Å². The van der Waals surface area contributed by atoms with Gasteiger partial charge in [-0.2, -0.15) is 0 Å². The van der Waals surface area contributed by atoms with Gasteiger partial charge in [0, 0.05) is 25.7 Å². The largest absolute Gasteiger partial charge is 0.351 e. The summed E-state index contributed by atoms with van der Waals surface area (Å²) >= 11 is 0. The van der Waals surface area contributed by atoms with Gasteiger partial charge in [0.15, 0.2) is 0 Å². The molecule has 1 aromatic carbocycles. The second-order valence-corrected chi connectivity index (χ2v) is 7.67. The van der Waals surface area contributed by atoms with Crippen LogP contribution in [0.15, 0.2) is 24.3 Å². The zero-order valence-corrected chi connectivity index (χ0v) is 15.1. The average molecular weight is 329 g/mol. The molecule has 1 unspecified atom stereocenters. The molecule has 0 radical (unpaired) electrons. The molecule has 1 amide bonds. The predicted octanol–water partition coefficient (Wildman–Crippen LogP) is 2.63. The Labute approximate surface area is 146 Å². The van der Waals surface area contributed by atoms with Gasteiger partial charge in [0.05, 0.1) is 6.54 Å². The monoisotopic (exact) mass is 329 g/mol. The first-order valence-electron chi connectivity index (χ1n) is 9.38. The van der Waals surface area contributed by atoms with Gasteiger partial charge < -0.3 is 5.32 Å². The number of rotatable bonds is 7. The van der Waals surface area contributed by atoms with Crippen LogP contribution in [0.1, 0.15) is 43.7 Å². The van der Waals surface area contributed by atoms with Gasteiger partial charge in [-0.1, -0.05) is 31.2 Å². The van der Waals surface area contributed by atoms with Crippen molar-refractivity contribution in [2.75, 3.05) is 26.7 Å². The summed E-state index contributed by atoms with van der Waals surface area (Å²) in [5.41, 5.74) is 2.60. The number of piperidine rings is 1. The number of hydrogen-bond acceptors (Lipinski definition) is 3. The summed E-state index contributed by atoms with van der Waals surface area (Å²) in [4.78, 5) is 16.9.